The first-order chi connectivity index (χ1) is 12.0. The minimum Gasteiger partial charge on any atom is -0.348 e. The number of hydrogen-bond acceptors (Lipinski definition) is 6. The lowest BCUT2D eigenvalue weighted by Gasteiger charge is -2.17. The van der Waals surface area contributed by atoms with E-state index in [4.69, 9.17) is 4.84 Å². The van der Waals surface area contributed by atoms with Gasteiger partial charge in [-0.3, -0.25) is 14.4 Å². The van der Waals surface area contributed by atoms with E-state index in [0.29, 0.717) is 5.06 Å². The van der Waals surface area contributed by atoms with E-state index in [-0.39, 0.29) is 23.5 Å². The number of amides is 3. The number of carbonyl (C=O) groups excluding carboxylic acids is 4. The van der Waals surface area contributed by atoms with Gasteiger partial charge in [0.1, 0.15) is 0 Å². The average molecular weight is 358 g/mol. The Bertz CT molecular complexity index is 811. The lowest BCUT2D eigenvalue weighted by atomic mass is 10.1. The summed E-state index contributed by atoms with van der Waals surface area (Å²) in [5.74, 6) is -2.45. The molecule has 128 valence electrons. The van der Waals surface area contributed by atoms with E-state index >= 15 is 0 Å². The molecule has 1 aliphatic rings. The average Bonchev–Trinajstić information content (AvgIpc) is 3.18. The number of hydrogen-bond donors (Lipinski definition) is 1. The van der Waals surface area contributed by atoms with Crippen molar-refractivity contribution in [3.63, 3.8) is 0 Å². The molecule has 25 heavy (non-hydrogen) atoms. The van der Waals surface area contributed by atoms with Crippen molar-refractivity contribution in [2.45, 2.75) is 19.4 Å². The van der Waals surface area contributed by atoms with Crippen LogP contribution in [0.25, 0.3) is 0 Å². The third-order valence-electron chi connectivity index (χ3n) is 3.58. The molecule has 1 atom stereocenters. The molecule has 1 aromatic carbocycles. The highest BCUT2D eigenvalue weighted by molar-refractivity contribution is 7.10. The quantitative estimate of drug-likeness (QED) is 0.826. The van der Waals surface area contributed by atoms with Gasteiger partial charge in [-0.25, -0.2) is 4.79 Å². The van der Waals surface area contributed by atoms with Gasteiger partial charge in [0.05, 0.1) is 23.6 Å². The highest BCUT2D eigenvalue weighted by atomic mass is 32.1. The van der Waals surface area contributed by atoms with E-state index in [9.17, 15) is 19.2 Å². The van der Waals surface area contributed by atoms with Crippen molar-refractivity contribution in [2.75, 3.05) is 0 Å². The van der Waals surface area contributed by atoms with Gasteiger partial charge in [0, 0.05) is 11.8 Å². The maximum atomic E-state index is 12.2. The normalized spacial score (nSPS) is 14.2. The molecule has 0 bridgehead atoms. The zero-order valence-electron chi connectivity index (χ0n) is 13.2. The summed E-state index contributed by atoms with van der Waals surface area (Å²) < 4.78 is 0. The van der Waals surface area contributed by atoms with Crippen molar-refractivity contribution >= 4 is 35.0 Å². The molecule has 0 saturated carbocycles. The molecule has 3 rings (SSSR count). The number of nitrogens with one attached hydrogen (secondary N) is 1. The van der Waals surface area contributed by atoms with Crippen molar-refractivity contribution in [1.82, 2.24) is 10.4 Å². The molecule has 0 saturated heterocycles. The maximum Gasteiger partial charge on any atom is 0.335 e. The second-order valence-electron chi connectivity index (χ2n) is 5.39. The van der Waals surface area contributed by atoms with Crippen molar-refractivity contribution < 1.29 is 24.0 Å². The Kier molecular flexibility index (Phi) is 4.62. The molecule has 1 unspecified atom stereocenters. The minimum atomic E-state index is -0.790. The van der Waals surface area contributed by atoms with Crippen molar-refractivity contribution in [1.29, 1.82) is 0 Å². The maximum absolute atomic E-state index is 12.2. The van der Waals surface area contributed by atoms with Crippen LogP contribution >= 0.6 is 11.3 Å². The second kappa shape index (κ2) is 6.86. The molecule has 0 fully saturated rings. The highest BCUT2D eigenvalue weighted by Gasteiger charge is 2.38. The Labute approximate surface area is 147 Å². The van der Waals surface area contributed by atoms with Gasteiger partial charge < -0.3 is 10.2 Å². The molecule has 2 heterocycles. The van der Waals surface area contributed by atoms with Crippen LogP contribution < -0.4 is 5.32 Å². The Morgan fingerprint density at radius 3 is 2.28 bits per heavy atom. The summed E-state index contributed by atoms with van der Waals surface area (Å²) in [7, 11) is 0. The van der Waals surface area contributed by atoms with Crippen LogP contribution in [-0.4, -0.2) is 28.8 Å². The van der Waals surface area contributed by atoms with E-state index in [0.717, 1.165) is 4.88 Å². The van der Waals surface area contributed by atoms with Gasteiger partial charge in [0.2, 0.25) is 5.91 Å². The van der Waals surface area contributed by atoms with E-state index in [1.807, 2.05) is 5.38 Å². The van der Waals surface area contributed by atoms with Crippen LogP contribution in [0.2, 0.25) is 0 Å². The zero-order chi connectivity index (χ0) is 18.0. The SMILES string of the molecule is CC(=O)NC(CC(=O)ON1C(=O)c2ccccc2C1=O)c1cccs1. The van der Waals surface area contributed by atoms with E-state index < -0.39 is 23.8 Å². The third-order valence-corrected chi connectivity index (χ3v) is 4.57. The summed E-state index contributed by atoms with van der Waals surface area (Å²) in [6, 6.07) is 9.23. The molecule has 0 spiro atoms. The summed E-state index contributed by atoms with van der Waals surface area (Å²) in [6.45, 7) is 1.34. The van der Waals surface area contributed by atoms with Gasteiger partial charge in [-0.05, 0) is 23.6 Å². The number of thiophene rings is 1. The van der Waals surface area contributed by atoms with Crippen LogP contribution in [0, 0.1) is 0 Å². The first-order valence-corrected chi connectivity index (χ1v) is 8.34. The molecule has 8 heteroatoms. The summed E-state index contributed by atoms with van der Waals surface area (Å²) >= 11 is 1.38. The Morgan fingerprint density at radius 2 is 1.76 bits per heavy atom. The molecule has 7 nitrogen and oxygen atoms in total. The molecule has 3 amide bonds. The van der Waals surface area contributed by atoms with Gasteiger partial charge in [0.15, 0.2) is 0 Å². The summed E-state index contributed by atoms with van der Waals surface area (Å²) in [4.78, 5) is 53.7. The first kappa shape index (κ1) is 16.8. The van der Waals surface area contributed by atoms with E-state index in [1.165, 1.54) is 30.4 Å². The van der Waals surface area contributed by atoms with Gasteiger partial charge in [-0.2, -0.15) is 0 Å². The number of nitrogens with zero attached hydrogens (tertiary/aromatic N) is 1. The predicted octanol–water partition coefficient (Wildman–Crippen LogP) is 2.07. The van der Waals surface area contributed by atoms with Gasteiger partial charge in [-0.1, -0.05) is 23.3 Å². The van der Waals surface area contributed by atoms with Crippen LogP contribution in [0.1, 0.15) is 45.0 Å². The summed E-state index contributed by atoms with van der Waals surface area (Å²) in [5.41, 5.74) is 0.383. The van der Waals surface area contributed by atoms with Crippen LogP contribution in [0.15, 0.2) is 41.8 Å². The molecule has 0 radical (unpaired) electrons. The number of rotatable bonds is 5. The summed E-state index contributed by atoms with van der Waals surface area (Å²) in [6.07, 6.45) is -0.201. The van der Waals surface area contributed by atoms with Crippen LogP contribution in [0.4, 0.5) is 0 Å². The Morgan fingerprint density at radius 1 is 1.12 bits per heavy atom. The number of hydroxylamine groups is 2. The summed E-state index contributed by atoms with van der Waals surface area (Å²) in [5, 5.41) is 4.94. The molecule has 1 N–H and O–H groups in total. The number of carbonyl (C=O) groups is 4. The Balaban J connectivity index is 1.71. The lowest BCUT2D eigenvalue weighted by molar-refractivity contribution is -0.169. The predicted molar refractivity (Wildman–Crippen MR) is 88.5 cm³/mol. The van der Waals surface area contributed by atoms with Crippen molar-refractivity contribution in [2.24, 2.45) is 0 Å². The number of benzene rings is 1. The van der Waals surface area contributed by atoms with Crippen molar-refractivity contribution in [3.05, 3.63) is 57.8 Å². The fourth-order valence-corrected chi connectivity index (χ4v) is 3.29. The van der Waals surface area contributed by atoms with Crippen molar-refractivity contribution in [3.8, 4) is 0 Å². The third kappa shape index (κ3) is 3.43. The van der Waals surface area contributed by atoms with Gasteiger partial charge >= 0.3 is 5.97 Å². The highest BCUT2D eigenvalue weighted by Crippen LogP contribution is 2.25. The number of fused-ring (bicyclic) bond motifs is 1. The van der Waals surface area contributed by atoms with Gasteiger partial charge in [0.25, 0.3) is 11.8 Å². The zero-order valence-corrected chi connectivity index (χ0v) is 14.0. The van der Waals surface area contributed by atoms with Gasteiger partial charge in [-0.15, -0.1) is 11.3 Å². The fraction of sp³-hybridized carbons (Fsp3) is 0.176. The molecular formula is C17H14N2O5S. The topological polar surface area (TPSA) is 92.8 Å². The fourth-order valence-electron chi connectivity index (χ4n) is 2.51. The van der Waals surface area contributed by atoms with Crippen LogP contribution in [-0.2, 0) is 14.4 Å². The standard InChI is InChI=1S/C17H14N2O5S/c1-10(20)18-13(14-7-4-8-25-14)9-15(21)24-19-16(22)11-5-2-3-6-12(11)17(19)23/h2-8,13H,9H2,1H3,(H,18,20). The molecule has 1 aliphatic heterocycles. The monoisotopic (exact) mass is 358 g/mol. The first-order valence-electron chi connectivity index (χ1n) is 7.46. The molecular weight excluding hydrogens is 344 g/mol. The molecule has 0 aliphatic carbocycles. The molecule has 2 aromatic rings. The Hall–Kier alpha value is -3.00. The smallest absolute Gasteiger partial charge is 0.335 e. The van der Waals surface area contributed by atoms with Crippen LogP contribution in [0.3, 0.4) is 0 Å². The lowest BCUT2D eigenvalue weighted by Crippen LogP contribution is -2.35. The minimum absolute atomic E-state index is 0.192. The second-order valence-corrected chi connectivity index (χ2v) is 6.37. The largest absolute Gasteiger partial charge is 0.348 e. The van der Waals surface area contributed by atoms with Crippen LogP contribution in [0.5, 0.6) is 0 Å². The number of imide groups is 1. The van der Waals surface area contributed by atoms with E-state index in [2.05, 4.69) is 5.32 Å². The molecule has 1 aromatic heterocycles. The van der Waals surface area contributed by atoms with E-state index in [1.54, 1.807) is 24.3 Å².